The fourth-order valence-corrected chi connectivity index (χ4v) is 8.46. The van der Waals surface area contributed by atoms with Crippen LogP contribution >= 0.6 is 0 Å². The molecule has 2 N–H and O–H groups in total. The van der Waals surface area contributed by atoms with Crippen molar-refractivity contribution in [2.45, 2.75) is 93.4 Å². The topological polar surface area (TPSA) is 73.2 Å². The molecule has 2 aromatic rings. The minimum Gasteiger partial charge on any atom is -0.504 e. The third-order valence-corrected chi connectivity index (χ3v) is 10.6. The van der Waals surface area contributed by atoms with Gasteiger partial charge >= 0.3 is 0 Å². The smallest absolute Gasteiger partial charge is 0.222 e. The van der Waals surface area contributed by atoms with Gasteiger partial charge in [0.15, 0.2) is 11.5 Å². The Balaban J connectivity index is 1.14. The molecule has 0 radical (unpaired) electrons. The van der Waals surface area contributed by atoms with Crippen LogP contribution in [0.1, 0.15) is 68.1 Å². The van der Waals surface area contributed by atoms with E-state index in [1.54, 1.807) is 6.07 Å². The summed E-state index contributed by atoms with van der Waals surface area (Å²) >= 11 is 0. The van der Waals surface area contributed by atoms with Crippen molar-refractivity contribution >= 4 is 5.91 Å². The summed E-state index contributed by atoms with van der Waals surface area (Å²) in [5.74, 6) is 1.62. The lowest BCUT2D eigenvalue weighted by Gasteiger charge is -2.64. The normalized spacial score (nSPS) is 32.9. The van der Waals surface area contributed by atoms with Crippen LogP contribution in [-0.2, 0) is 23.1 Å². The van der Waals surface area contributed by atoms with Gasteiger partial charge in [-0.3, -0.25) is 9.69 Å². The summed E-state index contributed by atoms with van der Waals surface area (Å²) in [7, 11) is 1.92. The molecule has 1 spiro atoms. The number of likely N-dealkylation sites (N-methyl/N-ethyl adjacent to an activating group) is 1. The first-order valence-corrected chi connectivity index (χ1v) is 14.7. The van der Waals surface area contributed by atoms with Crippen molar-refractivity contribution in [2.75, 3.05) is 20.1 Å². The molecule has 6 heteroatoms. The average molecular weight is 517 g/mol. The largest absolute Gasteiger partial charge is 0.504 e. The highest BCUT2D eigenvalue weighted by Crippen LogP contribution is 2.66. The summed E-state index contributed by atoms with van der Waals surface area (Å²) in [6, 6.07) is 14.2. The van der Waals surface area contributed by atoms with Crippen molar-refractivity contribution in [3.05, 3.63) is 59.2 Å². The average Bonchev–Trinajstić information content (AvgIpc) is 3.67. The van der Waals surface area contributed by atoms with Gasteiger partial charge in [0.05, 0.1) is 17.1 Å². The Morgan fingerprint density at radius 3 is 2.71 bits per heavy atom. The third kappa shape index (κ3) is 3.56. The van der Waals surface area contributed by atoms with E-state index in [0.29, 0.717) is 25.0 Å². The number of aryl methyl sites for hydroxylation is 1. The quantitative estimate of drug-likeness (QED) is 0.515. The first kappa shape index (κ1) is 24.5. The number of aliphatic hydroxyl groups is 1. The monoisotopic (exact) mass is 516 g/mol. The van der Waals surface area contributed by atoms with E-state index in [0.717, 1.165) is 56.7 Å². The highest BCUT2D eigenvalue weighted by molar-refractivity contribution is 5.76. The Bertz CT molecular complexity index is 1230. The van der Waals surface area contributed by atoms with Crippen LogP contribution in [0.3, 0.4) is 0 Å². The van der Waals surface area contributed by atoms with Crippen molar-refractivity contribution in [3.63, 3.8) is 0 Å². The number of ether oxygens (including phenoxy) is 1. The maximum atomic E-state index is 13.4. The van der Waals surface area contributed by atoms with Crippen molar-refractivity contribution in [1.29, 1.82) is 0 Å². The van der Waals surface area contributed by atoms with E-state index in [4.69, 9.17) is 4.74 Å². The maximum Gasteiger partial charge on any atom is 0.222 e. The molecule has 6 nitrogen and oxygen atoms in total. The van der Waals surface area contributed by atoms with Crippen LogP contribution in [0, 0.1) is 5.92 Å². The van der Waals surface area contributed by atoms with Crippen molar-refractivity contribution in [1.82, 2.24) is 9.80 Å². The van der Waals surface area contributed by atoms with Gasteiger partial charge in [0.1, 0.15) is 6.10 Å². The van der Waals surface area contributed by atoms with Gasteiger partial charge in [-0.1, -0.05) is 36.4 Å². The van der Waals surface area contributed by atoms with Crippen LogP contribution in [0.4, 0.5) is 0 Å². The molecule has 7 rings (SSSR count). The number of phenolic OH excluding ortho intramolecular Hbond substituents is 1. The van der Waals surface area contributed by atoms with E-state index >= 15 is 0 Å². The van der Waals surface area contributed by atoms with Crippen LogP contribution < -0.4 is 4.74 Å². The first-order valence-electron chi connectivity index (χ1n) is 14.7. The molecular weight excluding hydrogens is 476 g/mol. The highest BCUT2D eigenvalue weighted by atomic mass is 16.5. The Morgan fingerprint density at radius 1 is 1.11 bits per heavy atom. The number of piperidine rings is 1. The predicted molar refractivity (Wildman–Crippen MR) is 145 cm³/mol. The summed E-state index contributed by atoms with van der Waals surface area (Å²) < 4.78 is 6.65. The van der Waals surface area contributed by atoms with Crippen LogP contribution in [-0.4, -0.2) is 69.8 Å². The SMILES string of the molecule is CN(C(=O)CCCCc1ccccc1)[C@@H]1CC[C@@]2(O)[C@@H]3Cc4ccc(O)c5c4[C@@]2(CCN3CC2CC2)[C@H]1O5. The highest BCUT2D eigenvalue weighted by Gasteiger charge is 2.73. The number of carbonyl (C=O) groups excluding carboxylic acids is 1. The van der Waals surface area contributed by atoms with Gasteiger partial charge in [0.2, 0.25) is 5.91 Å². The van der Waals surface area contributed by atoms with Crippen LogP contribution in [0.2, 0.25) is 0 Å². The molecule has 38 heavy (non-hydrogen) atoms. The summed E-state index contributed by atoms with van der Waals surface area (Å²) in [5.41, 5.74) is 2.05. The minimum absolute atomic E-state index is 0.0610. The second-order valence-electron chi connectivity index (χ2n) is 12.6. The molecule has 0 aromatic heterocycles. The van der Waals surface area contributed by atoms with Gasteiger partial charge in [-0.05, 0) is 87.4 Å². The zero-order valence-corrected chi connectivity index (χ0v) is 22.4. The second-order valence-corrected chi connectivity index (χ2v) is 12.6. The fraction of sp³-hybridized carbons (Fsp3) is 0.594. The lowest BCUT2D eigenvalue weighted by Crippen LogP contribution is -2.78. The minimum atomic E-state index is -0.910. The molecule has 5 atom stereocenters. The standard InChI is InChI=1S/C32H40N2O4/c1-33(27(36)10-6-5-9-21-7-3-2-4-8-21)24-15-16-32(37)26-19-23-13-14-25(35)29-28(23)31(32,30(24)38-29)17-18-34(26)20-22-11-12-22/h2-4,7-8,13-14,22,24,26,30,35,37H,5-6,9-12,15-20H2,1H3/t24-,26+,30+,31+,32-/m1/s1. The number of nitrogens with zero attached hydrogens (tertiary/aromatic N) is 2. The number of aromatic hydroxyl groups is 1. The van der Waals surface area contributed by atoms with Crippen molar-refractivity contribution in [2.24, 2.45) is 5.92 Å². The Morgan fingerprint density at radius 2 is 1.92 bits per heavy atom. The molecule has 2 aliphatic heterocycles. The maximum absolute atomic E-state index is 13.4. The third-order valence-electron chi connectivity index (χ3n) is 10.6. The number of unbranched alkanes of at least 4 members (excludes halogenated alkanes) is 1. The Hall–Kier alpha value is -2.57. The number of hydrogen-bond acceptors (Lipinski definition) is 5. The summed E-state index contributed by atoms with van der Waals surface area (Å²) in [6.07, 6.45) is 8.57. The molecule has 0 unspecified atom stereocenters. The van der Waals surface area contributed by atoms with Crippen LogP contribution in [0.25, 0.3) is 0 Å². The predicted octanol–water partition coefficient (Wildman–Crippen LogP) is 4.20. The van der Waals surface area contributed by atoms with Gasteiger partial charge in [0.25, 0.3) is 0 Å². The molecule has 2 aromatic carbocycles. The van der Waals surface area contributed by atoms with E-state index in [1.807, 2.05) is 24.1 Å². The Labute approximate surface area is 225 Å². The van der Waals surface area contributed by atoms with Gasteiger partial charge in [-0.15, -0.1) is 0 Å². The number of carbonyl (C=O) groups is 1. The molecule has 1 amide bonds. The first-order chi connectivity index (χ1) is 18.4. The van der Waals surface area contributed by atoms with E-state index in [-0.39, 0.29) is 29.8 Å². The zero-order chi connectivity index (χ0) is 26.1. The molecule has 202 valence electrons. The molecule has 1 saturated heterocycles. The number of hydrogen-bond donors (Lipinski definition) is 2. The number of benzene rings is 2. The molecule has 2 bridgehead atoms. The van der Waals surface area contributed by atoms with E-state index in [2.05, 4.69) is 29.2 Å². The van der Waals surface area contributed by atoms with Crippen LogP contribution in [0.15, 0.2) is 42.5 Å². The molecular formula is C32H40N2O4. The van der Waals surface area contributed by atoms with Crippen LogP contribution in [0.5, 0.6) is 11.5 Å². The van der Waals surface area contributed by atoms with Gasteiger partial charge in [-0.2, -0.15) is 0 Å². The summed E-state index contributed by atoms with van der Waals surface area (Å²) in [4.78, 5) is 17.9. The molecule has 3 fully saturated rings. The van der Waals surface area contributed by atoms with E-state index < -0.39 is 11.0 Å². The van der Waals surface area contributed by atoms with Crippen molar-refractivity contribution < 1.29 is 19.7 Å². The molecule has 5 aliphatic rings. The molecule has 2 heterocycles. The summed E-state index contributed by atoms with van der Waals surface area (Å²) in [5, 5.41) is 23.5. The number of likely N-dealkylation sites (tertiary alicyclic amines) is 1. The lowest BCUT2D eigenvalue weighted by atomic mass is 9.48. The zero-order valence-electron chi connectivity index (χ0n) is 22.4. The van der Waals surface area contributed by atoms with Gasteiger partial charge in [-0.25, -0.2) is 0 Å². The lowest BCUT2D eigenvalue weighted by molar-refractivity contribution is -0.200. The van der Waals surface area contributed by atoms with Gasteiger partial charge < -0.3 is 19.8 Å². The number of phenols is 1. The number of amides is 1. The number of rotatable bonds is 8. The summed E-state index contributed by atoms with van der Waals surface area (Å²) in [6.45, 7) is 2.00. The fourth-order valence-electron chi connectivity index (χ4n) is 8.46. The van der Waals surface area contributed by atoms with Crippen molar-refractivity contribution in [3.8, 4) is 11.5 Å². The second kappa shape index (κ2) is 8.99. The molecule has 3 aliphatic carbocycles. The van der Waals surface area contributed by atoms with Gasteiger partial charge in [0, 0.05) is 31.6 Å². The van der Waals surface area contributed by atoms with E-state index in [9.17, 15) is 15.0 Å². The van der Waals surface area contributed by atoms with E-state index in [1.165, 1.54) is 24.0 Å². The Kier molecular flexibility index (Phi) is 5.79. The molecule has 2 saturated carbocycles.